The van der Waals surface area contributed by atoms with Crippen LogP contribution in [-0.2, 0) is 0 Å². The molecule has 0 aliphatic rings. The first kappa shape index (κ1) is 8.76. The summed E-state index contributed by atoms with van der Waals surface area (Å²) in [4.78, 5) is 0. The summed E-state index contributed by atoms with van der Waals surface area (Å²) >= 11 is 0. The molecule has 1 heteroatoms. The SMILES string of the molecule is C=C\C(O)=C/C=C\C=C/C. The number of hydrogen-bond acceptors (Lipinski definition) is 1. The molecule has 0 atom stereocenters. The van der Waals surface area contributed by atoms with Crippen LogP contribution in [0.25, 0.3) is 0 Å². The Labute approximate surface area is 61.7 Å². The quantitative estimate of drug-likeness (QED) is 0.467. The van der Waals surface area contributed by atoms with Crippen molar-refractivity contribution in [3.63, 3.8) is 0 Å². The molecule has 0 aromatic carbocycles. The van der Waals surface area contributed by atoms with Gasteiger partial charge in [-0.3, -0.25) is 0 Å². The summed E-state index contributed by atoms with van der Waals surface area (Å²) in [6.07, 6.45) is 10.3. The van der Waals surface area contributed by atoms with Crippen molar-refractivity contribution in [2.24, 2.45) is 0 Å². The van der Waals surface area contributed by atoms with Crippen molar-refractivity contribution < 1.29 is 5.11 Å². The van der Waals surface area contributed by atoms with Crippen LogP contribution in [0.1, 0.15) is 6.92 Å². The van der Waals surface area contributed by atoms with E-state index in [0.717, 1.165) is 0 Å². The zero-order valence-electron chi connectivity index (χ0n) is 6.12. The van der Waals surface area contributed by atoms with Gasteiger partial charge in [-0.1, -0.05) is 30.9 Å². The van der Waals surface area contributed by atoms with Crippen molar-refractivity contribution in [2.45, 2.75) is 6.92 Å². The minimum Gasteiger partial charge on any atom is -0.508 e. The molecule has 0 fully saturated rings. The van der Waals surface area contributed by atoms with Crippen LogP contribution in [-0.4, -0.2) is 5.11 Å². The van der Waals surface area contributed by atoms with Crippen LogP contribution in [0.15, 0.2) is 48.8 Å². The van der Waals surface area contributed by atoms with Crippen molar-refractivity contribution in [1.29, 1.82) is 0 Å². The molecule has 0 amide bonds. The molecule has 0 aliphatic heterocycles. The molecular formula is C9H12O. The highest BCUT2D eigenvalue weighted by atomic mass is 16.3. The average molecular weight is 136 g/mol. The Morgan fingerprint density at radius 3 is 2.50 bits per heavy atom. The van der Waals surface area contributed by atoms with Gasteiger partial charge in [0.05, 0.1) is 0 Å². The van der Waals surface area contributed by atoms with Crippen LogP contribution in [0.5, 0.6) is 0 Å². The molecule has 0 bridgehead atoms. The average Bonchev–Trinajstić information content (AvgIpc) is 1.98. The van der Waals surface area contributed by atoms with E-state index in [-0.39, 0.29) is 5.76 Å². The molecule has 0 radical (unpaired) electrons. The fourth-order valence-electron chi connectivity index (χ4n) is 0.397. The van der Waals surface area contributed by atoms with Crippen LogP contribution in [0, 0.1) is 0 Å². The van der Waals surface area contributed by atoms with Gasteiger partial charge < -0.3 is 5.11 Å². The monoisotopic (exact) mass is 136 g/mol. The molecule has 0 spiro atoms. The molecule has 54 valence electrons. The highest BCUT2D eigenvalue weighted by Crippen LogP contribution is 1.88. The zero-order chi connectivity index (χ0) is 7.82. The third-order valence-corrected chi connectivity index (χ3v) is 0.891. The summed E-state index contributed by atoms with van der Waals surface area (Å²) in [6.45, 7) is 5.32. The number of rotatable bonds is 3. The zero-order valence-corrected chi connectivity index (χ0v) is 6.12. The van der Waals surface area contributed by atoms with E-state index in [1.807, 2.05) is 25.2 Å². The van der Waals surface area contributed by atoms with Crippen molar-refractivity contribution in [2.75, 3.05) is 0 Å². The van der Waals surface area contributed by atoms with E-state index < -0.39 is 0 Å². The smallest absolute Gasteiger partial charge is 0.114 e. The summed E-state index contributed by atoms with van der Waals surface area (Å²) in [7, 11) is 0. The normalized spacial score (nSPS) is 13.1. The second-order valence-corrected chi connectivity index (χ2v) is 1.71. The number of aliphatic hydroxyl groups is 1. The Morgan fingerprint density at radius 2 is 2.00 bits per heavy atom. The molecular weight excluding hydrogens is 124 g/mol. The van der Waals surface area contributed by atoms with Crippen LogP contribution in [0.4, 0.5) is 0 Å². The van der Waals surface area contributed by atoms with Gasteiger partial charge in [-0.2, -0.15) is 0 Å². The summed E-state index contributed by atoms with van der Waals surface area (Å²) in [5.41, 5.74) is 0. The highest BCUT2D eigenvalue weighted by Gasteiger charge is 1.74. The van der Waals surface area contributed by atoms with Gasteiger partial charge >= 0.3 is 0 Å². The van der Waals surface area contributed by atoms with E-state index in [9.17, 15) is 0 Å². The van der Waals surface area contributed by atoms with Gasteiger partial charge in [-0.15, -0.1) is 0 Å². The first-order chi connectivity index (χ1) is 4.81. The Hall–Kier alpha value is -1.24. The standard InChI is InChI=1S/C9H12O/c1-3-5-6-7-8-9(10)4-2/h3-8,10H,2H2,1H3/b5-3-,7-6-,9-8+. The minimum atomic E-state index is 0.181. The van der Waals surface area contributed by atoms with Crippen LogP contribution in [0.2, 0.25) is 0 Å². The van der Waals surface area contributed by atoms with E-state index in [2.05, 4.69) is 6.58 Å². The van der Waals surface area contributed by atoms with E-state index in [1.54, 1.807) is 12.2 Å². The molecule has 0 aromatic rings. The maximum Gasteiger partial charge on any atom is 0.114 e. The van der Waals surface area contributed by atoms with Crippen LogP contribution >= 0.6 is 0 Å². The van der Waals surface area contributed by atoms with Gasteiger partial charge in [-0.05, 0) is 19.1 Å². The van der Waals surface area contributed by atoms with Crippen LogP contribution < -0.4 is 0 Å². The third-order valence-electron chi connectivity index (χ3n) is 0.891. The lowest BCUT2D eigenvalue weighted by Crippen LogP contribution is -1.67. The second kappa shape index (κ2) is 5.89. The van der Waals surface area contributed by atoms with Crippen molar-refractivity contribution in [3.05, 3.63) is 48.8 Å². The summed E-state index contributed by atoms with van der Waals surface area (Å²) in [6, 6.07) is 0. The molecule has 0 aromatic heterocycles. The topological polar surface area (TPSA) is 20.2 Å². The Bertz CT molecular complexity index is 173. The lowest BCUT2D eigenvalue weighted by atomic mass is 10.4. The molecule has 0 heterocycles. The first-order valence-electron chi connectivity index (χ1n) is 3.12. The predicted molar refractivity (Wildman–Crippen MR) is 44.9 cm³/mol. The lowest BCUT2D eigenvalue weighted by molar-refractivity contribution is 0.433. The van der Waals surface area contributed by atoms with Crippen molar-refractivity contribution >= 4 is 0 Å². The van der Waals surface area contributed by atoms with Gasteiger partial charge in [0.15, 0.2) is 0 Å². The van der Waals surface area contributed by atoms with E-state index in [4.69, 9.17) is 5.11 Å². The van der Waals surface area contributed by atoms with E-state index in [0.29, 0.717) is 0 Å². The summed E-state index contributed by atoms with van der Waals surface area (Å²) < 4.78 is 0. The molecule has 0 saturated heterocycles. The predicted octanol–water partition coefficient (Wildman–Crippen LogP) is 2.75. The first-order valence-corrected chi connectivity index (χ1v) is 3.12. The van der Waals surface area contributed by atoms with E-state index >= 15 is 0 Å². The Kier molecular flexibility index (Phi) is 5.16. The fraction of sp³-hybridized carbons (Fsp3) is 0.111. The van der Waals surface area contributed by atoms with Crippen molar-refractivity contribution in [1.82, 2.24) is 0 Å². The number of allylic oxidation sites excluding steroid dienone is 6. The molecule has 1 N–H and O–H groups in total. The Morgan fingerprint density at radius 1 is 1.30 bits per heavy atom. The molecule has 0 saturated carbocycles. The van der Waals surface area contributed by atoms with Gasteiger partial charge in [0.2, 0.25) is 0 Å². The lowest BCUT2D eigenvalue weighted by Gasteiger charge is -1.82. The molecule has 10 heavy (non-hydrogen) atoms. The van der Waals surface area contributed by atoms with Gasteiger partial charge in [0, 0.05) is 0 Å². The summed E-state index contributed by atoms with van der Waals surface area (Å²) in [5.74, 6) is 0.181. The number of aliphatic hydroxyl groups excluding tert-OH is 1. The second-order valence-electron chi connectivity index (χ2n) is 1.71. The molecule has 0 aliphatic carbocycles. The summed E-state index contributed by atoms with van der Waals surface area (Å²) in [5, 5.41) is 8.82. The van der Waals surface area contributed by atoms with E-state index in [1.165, 1.54) is 6.08 Å². The van der Waals surface area contributed by atoms with Crippen molar-refractivity contribution in [3.8, 4) is 0 Å². The maximum atomic E-state index is 8.82. The van der Waals surface area contributed by atoms with Crippen LogP contribution in [0.3, 0.4) is 0 Å². The maximum absolute atomic E-state index is 8.82. The highest BCUT2D eigenvalue weighted by molar-refractivity contribution is 5.17. The molecule has 0 rings (SSSR count). The number of hydrogen-bond donors (Lipinski definition) is 1. The third kappa shape index (κ3) is 4.91. The molecule has 1 nitrogen and oxygen atoms in total. The minimum absolute atomic E-state index is 0.181. The fourth-order valence-corrected chi connectivity index (χ4v) is 0.397. The molecule has 0 unspecified atom stereocenters. The Balaban J connectivity index is 3.81. The van der Waals surface area contributed by atoms with Gasteiger partial charge in [0.25, 0.3) is 0 Å². The van der Waals surface area contributed by atoms with Gasteiger partial charge in [-0.25, -0.2) is 0 Å². The largest absolute Gasteiger partial charge is 0.508 e. The van der Waals surface area contributed by atoms with Gasteiger partial charge in [0.1, 0.15) is 5.76 Å².